The van der Waals surface area contributed by atoms with Crippen LogP contribution in [0.15, 0.2) is 72.4 Å². The number of benzene rings is 1. The number of rotatable bonds is 8. The first kappa shape index (κ1) is 27.1. The highest BCUT2D eigenvalue weighted by Gasteiger charge is 2.61. The van der Waals surface area contributed by atoms with E-state index in [1.165, 1.54) is 24.3 Å². The topological polar surface area (TPSA) is 169 Å². The first-order valence-electron chi connectivity index (χ1n) is 11.8. The van der Waals surface area contributed by atoms with Crippen molar-refractivity contribution in [1.29, 1.82) is 10.5 Å². The van der Waals surface area contributed by atoms with E-state index in [1.807, 2.05) is 6.92 Å². The van der Waals surface area contributed by atoms with Gasteiger partial charge in [-0.3, -0.25) is 20.2 Å². The van der Waals surface area contributed by atoms with E-state index in [1.54, 1.807) is 53.5 Å². The molecule has 4 rings (SSSR count). The zero-order chi connectivity index (χ0) is 28.3. The Morgan fingerprint density at radius 3 is 2.31 bits per heavy atom. The number of nitrogens with one attached hydrogen (secondary N) is 1. The number of hydrogen-bond acceptors (Lipinski definition) is 9. The summed E-state index contributed by atoms with van der Waals surface area (Å²) in [4.78, 5) is 33.4. The third-order valence-corrected chi connectivity index (χ3v) is 7.10. The zero-order valence-electron chi connectivity index (χ0n) is 21.0. The minimum Gasteiger partial charge on any atom is -0.364 e. The lowest BCUT2D eigenvalue weighted by molar-refractivity contribution is -0.438. The van der Waals surface area contributed by atoms with Crippen LogP contribution in [-0.4, -0.2) is 43.2 Å². The molecule has 3 aromatic rings. The van der Waals surface area contributed by atoms with Gasteiger partial charge in [-0.2, -0.15) is 10.5 Å². The van der Waals surface area contributed by atoms with Gasteiger partial charge in [-0.1, -0.05) is 29.8 Å². The van der Waals surface area contributed by atoms with E-state index in [-0.39, 0.29) is 23.8 Å². The number of nitro benzene ring substituents is 1. The molecule has 1 aromatic carbocycles. The van der Waals surface area contributed by atoms with Gasteiger partial charge in [0.15, 0.2) is 11.2 Å². The van der Waals surface area contributed by atoms with Gasteiger partial charge >= 0.3 is 0 Å². The number of nitriles is 2. The molecule has 2 unspecified atom stereocenters. The maximum atomic E-state index is 12.8. The van der Waals surface area contributed by atoms with Crippen LogP contribution in [0.25, 0.3) is 0 Å². The number of H-pyrrole nitrogens is 1. The van der Waals surface area contributed by atoms with Crippen molar-refractivity contribution in [1.82, 2.24) is 19.8 Å². The number of aromatic amines is 1. The number of aromatic nitrogens is 2. The molecule has 0 radical (unpaired) electrons. The van der Waals surface area contributed by atoms with Gasteiger partial charge in [-0.25, -0.2) is 4.98 Å². The van der Waals surface area contributed by atoms with Gasteiger partial charge in [0.1, 0.15) is 11.1 Å². The molecule has 39 heavy (non-hydrogen) atoms. The fourth-order valence-electron chi connectivity index (χ4n) is 5.20. The van der Waals surface area contributed by atoms with Crippen molar-refractivity contribution >= 4 is 17.3 Å². The second-order valence-electron chi connectivity index (χ2n) is 8.98. The van der Waals surface area contributed by atoms with Crippen molar-refractivity contribution in [3.8, 4) is 12.1 Å². The monoisotopic (exact) mass is 546 g/mol. The summed E-state index contributed by atoms with van der Waals surface area (Å²) in [5, 5.41) is 45.4. The zero-order valence-corrected chi connectivity index (χ0v) is 21.7. The van der Waals surface area contributed by atoms with E-state index in [4.69, 9.17) is 11.6 Å². The summed E-state index contributed by atoms with van der Waals surface area (Å²) in [6.07, 6.45) is 3.15. The van der Waals surface area contributed by atoms with Crippen LogP contribution < -0.4 is 0 Å². The van der Waals surface area contributed by atoms with Gasteiger partial charge in [0, 0.05) is 50.4 Å². The van der Waals surface area contributed by atoms with Crippen LogP contribution in [0.2, 0.25) is 5.15 Å². The number of pyridine rings is 1. The maximum absolute atomic E-state index is 12.8. The average molecular weight is 547 g/mol. The minimum absolute atomic E-state index is 0.162. The average Bonchev–Trinajstić information content (AvgIpc) is 3.46. The Kier molecular flexibility index (Phi) is 7.51. The summed E-state index contributed by atoms with van der Waals surface area (Å²) in [7, 11) is 1.59. The Morgan fingerprint density at radius 1 is 1.13 bits per heavy atom. The summed E-state index contributed by atoms with van der Waals surface area (Å²) < 4.78 is 0. The van der Waals surface area contributed by atoms with E-state index in [0.717, 1.165) is 5.56 Å². The van der Waals surface area contributed by atoms with E-state index in [2.05, 4.69) is 22.1 Å². The van der Waals surface area contributed by atoms with E-state index in [9.17, 15) is 30.8 Å². The molecule has 198 valence electrons. The molecule has 1 N–H and O–H groups in total. The lowest BCUT2D eigenvalue weighted by atomic mass is 9.64. The summed E-state index contributed by atoms with van der Waals surface area (Å²) in [5.41, 5.74) is -0.957. The van der Waals surface area contributed by atoms with E-state index >= 15 is 0 Å². The fourth-order valence-corrected chi connectivity index (χ4v) is 5.31. The van der Waals surface area contributed by atoms with Gasteiger partial charge in [0.05, 0.1) is 28.0 Å². The molecule has 0 bridgehead atoms. The van der Waals surface area contributed by atoms with Crippen LogP contribution in [0.1, 0.15) is 35.7 Å². The number of nitro groups is 2. The number of allylic oxidation sites excluding steroid dienone is 1. The summed E-state index contributed by atoms with van der Waals surface area (Å²) in [6, 6.07) is 15.3. The van der Waals surface area contributed by atoms with Crippen molar-refractivity contribution < 1.29 is 9.85 Å². The fraction of sp³-hybridized carbons (Fsp3) is 0.269. The van der Waals surface area contributed by atoms with Crippen LogP contribution in [0, 0.1) is 48.3 Å². The van der Waals surface area contributed by atoms with E-state index < -0.39 is 27.2 Å². The molecule has 0 aliphatic carbocycles. The molecule has 0 fully saturated rings. The second-order valence-corrected chi connectivity index (χ2v) is 9.37. The first-order chi connectivity index (χ1) is 18.7. The van der Waals surface area contributed by atoms with Crippen molar-refractivity contribution in [2.24, 2.45) is 5.41 Å². The Labute approximate surface area is 228 Å². The number of non-ortho nitro benzene ring substituents is 1. The molecule has 0 spiro atoms. The summed E-state index contributed by atoms with van der Waals surface area (Å²) in [6.45, 7) is 2.41. The molecule has 0 saturated heterocycles. The second kappa shape index (κ2) is 10.8. The van der Waals surface area contributed by atoms with Gasteiger partial charge in [-0.15, -0.1) is 0 Å². The molecule has 12 nitrogen and oxygen atoms in total. The van der Waals surface area contributed by atoms with Crippen LogP contribution in [0.3, 0.4) is 0 Å². The highest BCUT2D eigenvalue weighted by molar-refractivity contribution is 6.29. The molecule has 2 atom stereocenters. The molecular formula is C26H23ClN8O4. The van der Waals surface area contributed by atoms with Crippen molar-refractivity contribution in [2.45, 2.75) is 25.4 Å². The minimum atomic E-state index is -1.97. The molecule has 0 saturated carbocycles. The largest absolute Gasteiger partial charge is 0.364 e. The molecule has 13 heteroatoms. The Bertz CT molecular complexity index is 1480. The quantitative estimate of drug-likeness (QED) is 0.238. The van der Waals surface area contributed by atoms with Crippen LogP contribution in [0.5, 0.6) is 0 Å². The molecule has 1 aliphatic rings. The van der Waals surface area contributed by atoms with E-state index in [0.29, 0.717) is 23.0 Å². The predicted octanol–water partition coefficient (Wildman–Crippen LogP) is 4.74. The van der Waals surface area contributed by atoms with Gasteiger partial charge in [-0.05, 0) is 36.2 Å². The van der Waals surface area contributed by atoms with Crippen molar-refractivity contribution in [2.75, 3.05) is 13.6 Å². The normalized spacial score (nSPS) is 18.2. The van der Waals surface area contributed by atoms with Crippen LogP contribution in [0.4, 0.5) is 5.69 Å². The summed E-state index contributed by atoms with van der Waals surface area (Å²) in [5.74, 6) is -1.07. The summed E-state index contributed by atoms with van der Waals surface area (Å²) >= 11 is 5.94. The first-order valence-corrected chi connectivity index (χ1v) is 12.2. The van der Waals surface area contributed by atoms with Gasteiger partial charge in [0.2, 0.25) is 0 Å². The van der Waals surface area contributed by atoms with Gasteiger partial charge in [0.25, 0.3) is 11.4 Å². The Balaban J connectivity index is 2.01. The van der Waals surface area contributed by atoms with Crippen molar-refractivity contribution in [3.05, 3.63) is 115 Å². The number of halogens is 1. The maximum Gasteiger partial charge on any atom is 0.297 e. The molecule has 0 amide bonds. The third-order valence-electron chi connectivity index (χ3n) is 6.87. The van der Waals surface area contributed by atoms with Gasteiger partial charge < -0.3 is 14.8 Å². The molecule has 1 aliphatic heterocycles. The Hall–Kier alpha value is -4.94. The lowest BCUT2D eigenvalue weighted by Gasteiger charge is -2.48. The third kappa shape index (κ3) is 4.74. The molecule has 3 heterocycles. The lowest BCUT2D eigenvalue weighted by Crippen LogP contribution is -2.51. The molecular weight excluding hydrogens is 524 g/mol. The number of hydrogen-bond donors (Lipinski definition) is 1. The van der Waals surface area contributed by atoms with Crippen LogP contribution in [-0.2, 0) is 6.54 Å². The number of nitrogens with zero attached hydrogens (tertiary/aromatic N) is 7. The smallest absolute Gasteiger partial charge is 0.297 e. The standard InChI is InChI=1S/C26H23ClN8O4/c1-3-33(14-17-6-11-21(27)31-13-17)25-23(35(38)39)22(20-5-4-12-30-20)26(15-28,16-29)24(32(25)2)18-7-9-19(10-8-18)34(36)37/h4-13,22,24,30H,3,14H2,1-2H3. The highest BCUT2D eigenvalue weighted by atomic mass is 35.5. The SMILES string of the molecule is CCN(Cc1ccc(Cl)nc1)C1=C([N+](=O)[O-])C(c2ccc[nH]2)C(C#N)(C#N)C(c2ccc([N+](=O)[O-])cc2)N1C. The highest BCUT2D eigenvalue weighted by Crippen LogP contribution is 2.56. The van der Waals surface area contributed by atoms with Crippen molar-refractivity contribution in [3.63, 3.8) is 0 Å². The predicted molar refractivity (Wildman–Crippen MR) is 140 cm³/mol. The Morgan fingerprint density at radius 2 is 1.82 bits per heavy atom. The van der Waals surface area contributed by atoms with Crippen LogP contribution >= 0.6 is 11.6 Å². The molecule has 2 aromatic heterocycles.